The molecule has 0 aromatic carbocycles. The van der Waals surface area contributed by atoms with Gasteiger partial charge in [-0.15, -0.1) is 0 Å². The van der Waals surface area contributed by atoms with Crippen LogP contribution in [0.1, 0.15) is 32.6 Å². The van der Waals surface area contributed by atoms with Crippen LogP contribution in [0.2, 0.25) is 0 Å². The second-order valence-electron chi connectivity index (χ2n) is 5.47. The number of carbonyl (C=O) groups is 2. The van der Waals surface area contributed by atoms with Crippen LogP contribution < -0.4 is 0 Å². The highest BCUT2D eigenvalue weighted by Crippen LogP contribution is 2.22. The van der Waals surface area contributed by atoms with Gasteiger partial charge in [0, 0.05) is 31.6 Å². The summed E-state index contributed by atoms with van der Waals surface area (Å²) >= 11 is 0. The van der Waals surface area contributed by atoms with Crippen molar-refractivity contribution in [3.8, 4) is 0 Å². The van der Waals surface area contributed by atoms with Crippen molar-refractivity contribution in [3.05, 3.63) is 0 Å². The van der Waals surface area contributed by atoms with E-state index in [1.54, 1.807) is 6.92 Å². The molecule has 2 fully saturated rings. The molecule has 2 aliphatic rings. The standard InChI is InChI=1S/C13H22N2O3/c1-10(8-12(16)17)13(18)15-7-6-14-5-3-2-4-11(14)9-15/h10-11H,2-9H2,1H3,(H,16,17). The van der Waals surface area contributed by atoms with Crippen molar-refractivity contribution >= 4 is 11.9 Å². The van der Waals surface area contributed by atoms with Gasteiger partial charge in [-0.1, -0.05) is 13.3 Å². The molecule has 1 amide bonds. The normalized spacial score (nSPS) is 26.5. The molecule has 2 saturated heterocycles. The minimum Gasteiger partial charge on any atom is -0.481 e. The molecule has 0 bridgehead atoms. The molecule has 2 atom stereocenters. The van der Waals surface area contributed by atoms with Crippen molar-refractivity contribution in [2.24, 2.45) is 5.92 Å². The van der Waals surface area contributed by atoms with Crippen LogP contribution >= 0.6 is 0 Å². The summed E-state index contributed by atoms with van der Waals surface area (Å²) in [5.41, 5.74) is 0. The molecule has 0 aromatic rings. The second-order valence-corrected chi connectivity index (χ2v) is 5.47. The van der Waals surface area contributed by atoms with Gasteiger partial charge in [-0.2, -0.15) is 0 Å². The van der Waals surface area contributed by atoms with Gasteiger partial charge in [-0.3, -0.25) is 14.5 Å². The monoisotopic (exact) mass is 254 g/mol. The Morgan fingerprint density at radius 1 is 1.28 bits per heavy atom. The lowest BCUT2D eigenvalue weighted by Gasteiger charge is -2.44. The first-order valence-corrected chi connectivity index (χ1v) is 6.82. The van der Waals surface area contributed by atoms with Crippen molar-refractivity contribution < 1.29 is 14.7 Å². The predicted octanol–water partition coefficient (Wildman–Crippen LogP) is 0.794. The Morgan fingerprint density at radius 2 is 2.06 bits per heavy atom. The van der Waals surface area contributed by atoms with Gasteiger partial charge < -0.3 is 10.0 Å². The van der Waals surface area contributed by atoms with Gasteiger partial charge >= 0.3 is 5.97 Å². The number of hydrogen-bond acceptors (Lipinski definition) is 3. The Morgan fingerprint density at radius 3 is 2.78 bits per heavy atom. The summed E-state index contributed by atoms with van der Waals surface area (Å²) in [6.45, 7) is 5.33. The lowest BCUT2D eigenvalue weighted by molar-refractivity contribution is -0.145. The number of carbonyl (C=O) groups excluding carboxylic acids is 1. The van der Waals surface area contributed by atoms with E-state index in [1.165, 1.54) is 12.8 Å². The molecule has 0 radical (unpaired) electrons. The van der Waals surface area contributed by atoms with Crippen LogP contribution in [0.3, 0.4) is 0 Å². The van der Waals surface area contributed by atoms with Crippen LogP contribution in [0.25, 0.3) is 0 Å². The quantitative estimate of drug-likeness (QED) is 0.809. The maximum absolute atomic E-state index is 12.2. The van der Waals surface area contributed by atoms with Crippen LogP contribution in [-0.2, 0) is 9.59 Å². The van der Waals surface area contributed by atoms with E-state index >= 15 is 0 Å². The Hall–Kier alpha value is -1.10. The Kier molecular flexibility index (Phi) is 4.22. The first-order valence-electron chi connectivity index (χ1n) is 6.82. The molecule has 0 saturated carbocycles. The predicted molar refractivity (Wildman–Crippen MR) is 67.2 cm³/mol. The number of piperidine rings is 1. The zero-order valence-corrected chi connectivity index (χ0v) is 11.0. The Bertz CT molecular complexity index is 332. The average Bonchev–Trinajstić information content (AvgIpc) is 2.36. The number of carboxylic acids is 1. The molecule has 2 rings (SSSR count). The first kappa shape index (κ1) is 13.3. The van der Waals surface area contributed by atoms with Gasteiger partial charge in [-0.25, -0.2) is 0 Å². The van der Waals surface area contributed by atoms with Crippen LogP contribution in [0.5, 0.6) is 0 Å². The third-order valence-corrected chi connectivity index (χ3v) is 4.05. The fraction of sp³-hybridized carbons (Fsp3) is 0.846. The summed E-state index contributed by atoms with van der Waals surface area (Å²) < 4.78 is 0. The van der Waals surface area contributed by atoms with Crippen molar-refractivity contribution in [2.45, 2.75) is 38.6 Å². The molecule has 1 N–H and O–H groups in total. The minimum atomic E-state index is -0.896. The highest BCUT2D eigenvalue weighted by Gasteiger charge is 2.32. The first-order chi connectivity index (χ1) is 8.58. The molecule has 0 aromatic heterocycles. The summed E-state index contributed by atoms with van der Waals surface area (Å²) in [5.74, 6) is -1.30. The van der Waals surface area contributed by atoms with E-state index in [4.69, 9.17) is 5.11 Å². The lowest BCUT2D eigenvalue weighted by atomic mass is 9.98. The number of aliphatic carboxylic acids is 1. The smallest absolute Gasteiger partial charge is 0.304 e. The number of hydrogen-bond donors (Lipinski definition) is 1. The number of amides is 1. The lowest BCUT2D eigenvalue weighted by Crippen LogP contribution is -2.57. The number of rotatable bonds is 3. The maximum Gasteiger partial charge on any atom is 0.304 e. The molecule has 102 valence electrons. The van der Waals surface area contributed by atoms with Crippen LogP contribution in [0, 0.1) is 5.92 Å². The zero-order chi connectivity index (χ0) is 13.1. The van der Waals surface area contributed by atoms with Crippen molar-refractivity contribution in [1.29, 1.82) is 0 Å². The summed E-state index contributed by atoms with van der Waals surface area (Å²) in [6.07, 6.45) is 3.61. The van der Waals surface area contributed by atoms with Crippen LogP contribution in [-0.4, -0.2) is 59.0 Å². The van der Waals surface area contributed by atoms with Gasteiger partial charge in [0.1, 0.15) is 0 Å². The Balaban J connectivity index is 1.89. The molecular formula is C13H22N2O3. The minimum absolute atomic E-state index is 0.00243. The fourth-order valence-electron chi connectivity index (χ4n) is 3.02. The van der Waals surface area contributed by atoms with E-state index in [-0.39, 0.29) is 12.3 Å². The number of nitrogens with zero attached hydrogens (tertiary/aromatic N) is 2. The number of piperazine rings is 1. The van der Waals surface area contributed by atoms with Gasteiger partial charge in [0.15, 0.2) is 0 Å². The van der Waals surface area contributed by atoms with E-state index in [0.29, 0.717) is 6.04 Å². The summed E-state index contributed by atoms with van der Waals surface area (Å²) in [4.78, 5) is 27.1. The Labute approximate surface area is 108 Å². The van der Waals surface area contributed by atoms with Gasteiger partial charge in [0.05, 0.1) is 6.42 Å². The summed E-state index contributed by atoms with van der Waals surface area (Å²) in [7, 11) is 0. The molecule has 18 heavy (non-hydrogen) atoms. The van der Waals surface area contributed by atoms with E-state index in [1.807, 2.05) is 4.90 Å². The van der Waals surface area contributed by atoms with E-state index in [0.717, 1.165) is 32.6 Å². The topological polar surface area (TPSA) is 60.9 Å². The molecule has 0 spiro atoms. The molecule has 5 heteroatoms. The fourth-order valence-corrected chi connectivity index (χ4v) is 3.02. The average molecular weight is 254 g/mol. The van der Waals surface area contributed by atoms with Crippen molar-refractivity contribution in [1.82, 2.24) is 9.80 Å². The van der Waals surface area contributed by atoms with E-state index < -0.39 is 11.9 Å². The highest BCUT2D eigenvalue weighted by molar-refractivity contribution is 5.83. The zero-order valence-electron chi connectivity index (χ0n) is 11.0. The van der Waals surface area contributed by atoms with E-state index in [2.05, 4.69) is 4.90 Å². The van der Waals surface area contributed by atoms with Crippen molar-refractivity contribution in [2.75, 3.05) is 26.2 Å². The molecular weight excluding hydrogens is 232 g/mol. The van der Waals surface area contributed by atoms with E-state index in [9.17, 15) is 9.59 Å². The third-order valence-electron chi connectivity index (χ3n) is 4.05. The number of fused-ring (bicyclic) bond motifs is 1. The highest BCUT2D eigenvalue weighted by atomic mass is 16.4. The maximum atomic E-state index is 12.2. The SMILES string of the molecule is CC(CC(=O)O)C(=O)N1CCN2CCCCC2C1. The largest absolute Gasteiger partial charge is 0.481 e. The summed E-state index contributed by atoms with van der Waals surface area (Å²) in [6, 6.07) is 0.494. The third kappa shape index (κ3) is 3.02. The molecule has 5 nitrogen and oxygen atoms in total. The summed E-state index contributed by atoms with van der Waals surface area (Å²) in [5, 5.41) is 8.74. The van der Waals surface area contributed by atoms with Gasteiger partial charge in [0.25, 0.3) is 0 Å². The van der Waals surface area contributed by atoms with Crippen molar-refractivity contribution in [3.63, 3.8) is 0 Å². The molecule has 2 aliphatic heterocycles. The van der Waals surface area contributed by atoms with Crippen LogP contribution in [0.4, 0.5) is 0 Å². The molecule has 2 unspecified atom stereocenters. The second kappa shape index (κ2) is 5.69. The van der Waals surface area contributed by atoms with Gasteiger partial charge in [-0.05, 0) is 19.4 Å². The molecule has 0 aliphatic carbocycles. The number of carboxylic acid groups (broad SMARTS) is 1. The van der Waals surface area contributed by atoms with Crippen LogP contribution in [0.15, 0.2) is 0 Å². The van der Waals surface area contributed by atoms with Gasteiger partial charge in [0.2, 0.25) is 5.91 Å². The molecule has 2 heterocycles.